The SMILES string of the molecule is CCn1cc(COc2ccc(C(C)N)cc2C)cn1. The van der Waals surface area contributed by atoms with E-state index in [-0.39, 0.29) is 6.04 Å². The summed E-state index contributed by atoms with van der Waals surface area (Å²) in [6, 6.07) is 6.13. The number of hydrogen-bond donors (Lipinski definition) is 1. The molecule has 1 aromatic heterocycles. The fourth-order valence-electron chi connectivity index (χ4n) is 1.93. The fourth-order valence-corrected chi connectivity index (χ4v) is 1.93. The van der Waals surface area contributed by atoms with Crippen molar-refractivity contribution in [3.63, 3.8) is 0 Å². The van der Waals surface area contributed by atoms with E-state index in [4.69, 9.17) is 10.5 Å². The van der Waals surface area contributed by atoms with Gasteiger partial charge in [-0.25, -0.2) is 0 Å². The standard InChI is InChI=1S/C15H21N3O/c1-4-18-9-13(8-17-18)10-19-15-6-5-14(12(3)16)7-11(15)2/h5-9,12H,4,10,16H2,1-3H3. The van der Waals surface area contributed by atoms with Crippen LogP contribution in [-0.4, -0.2) is 9.78 Å². The summed E-state index contributed by atoms with van der Waals surface area (Å²) in [6.07, 6.45) is 3.85. The van der Waals surface area contributed by atoms with Gasteiger partial charge in [0.2, 0.25) is 0 Å². The van der Waals surface area contributed by atoms with Crippen LogP contribution in [0.3, 0.4) is 0 Å². The summed E-state index contributed by atoms with van der Waals surface area (Å²) >= 11 is 0. The summed E-state index contributed by atoms with van der Waals surface area (Å²) in [6.45, 7) is 7.50. The Morgan fingerprint density at radius 2 is 2.21 bits per heavy atom. The quantitative estimate of drug-likeness (QED) is 0.898. The average Bonchev–Trinajstić information content (AvgIpc) is 2.85. The Hall–Kier alpha value is -1.81. The van der Waals surface area contributed by atoms with Crippen LogP contribution in [0, 0.1) is 6.92 Å². The van der Waals surface area contributed by atoms with Gasteiger partial charge >= 0.3 is 0 Å². The first-order valence-electron chi connectivity index (χ1n) is 6.60. The van der Waals surface area contributed by atoms with E-state index in [9.17, 15) is 0 Å². The van der Waals surface area contributed by atoms with E-state index in [2.05, 4.69) is 18.1 Å². The Morgan fingerprint density at radius 3 is 2.79 bits per heavy atom. The van der Waals surface area contributed by atoms with Crippen molar-refractivity contribution in [2.45, 2.75) is 40.0 Å². The molecule has 0 saturated heterocycles. The number of benzene rings is 1. The highest BCUT2D eigenvalue weighted by molar-refractivity contribution is 5.37. The molecule has 2 N–H and O–H groups in total. The molecular weight excluding hydrogens is 238 g/mol. The third-order valence-corrected chi connectivity index (χ3v) is 3.13. The third-order valence-electron chi connectivity index (χ3n) is 3.13. The van der Waals surface area contributed by atoms with Crippen LogP contribution in [0.2, 0.25) is 0 Å². The topological polar surface area (TPSA) is 53.1 Å². The molecule has 0 saturated carbocycles. The third kappa shape index (κ3) is 3.35. The van der Waals surface area contributed by atoms with E-state index in [1.807, 2.05) is 43.1 Å². The predicted molar refractivity (Wildman–Crippen MR) is 76.0 cm³/mol. The van der Waals surface area contributed by atoms with Gasteiger partial charge in [0.1, 0.15) is 12.4 Å². The van der Waals surface area contributed by atoms with Crippen molar-refractivity contribution >= 4 is 0 Å². The van der Waals surface area contributed by atoms with Gasteiger partial charge in [-0.15, -0.1) is 0 Å². The molecule has 0 spiro atoms. The monoisotopic (exact) mass is 259 g/mol. The predicted octanol–water partition coefficient (Wildman–Crippen LogP) is 2.81. The summed E-state index contributed by atoms with van der Waals surface area (Å²) in [4.78, 5) is 0. The fraction of sp³-hybridized carbons (Fsp3) is 0.400. The number of ether oxygens (including phenoxy) is 1. The maximum atomic E-state index is 5.86. The van der Waals surface area contributed by atoms with Crippen molar-refractivity contribution in [3.8, 4) is 5.75 Å². The minimum atomic E-state index is 0.0514. The van der Waals surface area contributed by atoms with E-state index < -0.39 is 0 Å². The van der Waals surface area contributed by atoms with Crippen LogP contribution in [0.5, 0.6) is 5.75 Å². The minimum absolute atomic E-state index is 0.0514. The molecule has 1 unspecified atom stereocenters. The van der Waals surface area contributed by atoms with E-state index in [0.717, 1.165) is 29.0 Å². The first kappa shape index (κ1) is 13.6. The largest absolute Gasteiger partial charge is 0.489 e. The normalized spacial score (nSPS) is 12.4. The molecule has 4 nitrogen and oxygen atoms in total. The maximum absolute atomic E-state index is 5.86. The van der Waals surface area contributed by atoms with Crippen LogP contribution in [0.1, 0.15) is 36.6 Å². The van der Waals surface area contributed by atoms with Crippen LogP contribution in [0.4, 0.5) is 0 Å². The van der Waals surface area contributed by atoms with Crippen LogP contribution in [-0.2, 0) is 13.2 Å². The first-order valence-corrected chi connectivity index (χ1v) is 6.60. The van der Waals surface area contributed by atoms with E-state index >= 15 is 0 Å². The second kappa shape index (κ2) is 5.89. The molecule has 1 aromatic carbocycles. The Morgan fingerprint density at radius 1 is 1.42 bits per heavy atom. The minimum Gasteiger partial charge on any atom is -0.489 e. The zero-order chi connectivity index (χ0) is 13.8. The smallest absolute Gasteiger partial charge is 0.122 e. The summed E-state index contributed by atoms with van der Waals surface area (Å²) in [5, 5.41) is 4.23. The zero-order valence-corrected chi connectivity index (χ0v) is 11.8. The molecule has 0 bridgehead atoms. The maximum Gasteiger partial charge on any atom is 0.122 e. The second-order valence-electron chi connectivity index (χ2n) is 4.81. The molecule has 0 amide bonds. The molecule has 19 heavy (non-hydrogen) atoms. The lowest BCUT2D eigenvalue weighted by Gasteiger charge is -2.11. The van der Waals surface area contributed by atoms with Crippen molar-refractivity contribution in [1.82, 2.24) is 9.78 Å². The van der Waals surface area contributed by atoms with Gasteiger partial charge in [-0.2, -0.15) is 5.10 Å². The summed E-state index contributed by atoms with van der Waals surface area (Å²) in [7, 11) is 0. The van der Waals surface area contributed by atoms with Gasteiger partial charge in [0.25, 0.3) is 0 Å². The molecule has 2 aromatic rings. The van der Waals surface area contributed by atoms with Crippen LogP contribution in [0.25, 0.3) is 0 Å². The molecule has 1 heterocycles. The molecule has 0 aliphatic carbocycles. The van der Waals surface area contributed by atoms with Crippen molar-refractivity contribution in [1.29, 1.82) is 0 Å². The summed E-state index contributed by atoms with van der Waals surface area (Å²) < 4.78 is 7.71. The number of nitrogens with zero attached hydrogens (tertiary/aromatic N) is 2. The number of rotatable bonds is 5. The van der Waals surface area contributed by atoms with Gasteiger partial charge in [-0.1, -0.05) is 12.1 Å². The lowest BCUT2D eigenvalue weighted by atomic mass is 10.1. The highest BCUT2D eigenvalue weighted by Gasteiger charge is 2.05. The summed E-state index contributed by atoms with van der Waals surface area (Å²) in [5.74, 6) is 0.897. The second-order valence-corrected chi connectivity index (χ2v) is 4.81. The number of aryl methyl sites for hydroxylation is 2. The molecule has 1 atom stereocenters. The number of aromatic nitrogens is 2. The Labute approximate surface area is 114 Å². The zero-order valence-electron chi connectivity index (χ0n) is 11.8. The van der Waals surface area contributed by atoms with Crippen molar-refractivity contribution in [2.24, 2.45) is 5.73 Å². The van der Waals surface area contributed by atoms with E-state index in [0.29, 0.717) is 6.61 Å². The van der Waals surface area contributed by atoms with Crippen molar-refractivity contribution in [2.75, 3.05) is 0 Å². The van der Waals surface area contributed by atoms with E-state index in [1.54, 1.807) is 0 Å². The molecule has 102 valence electrons. The molecule has 0 aliphatic rings. The Kier molecular flexibility index (Phi) is 4.22. The highest BCUT2D eigenvalue weighted by atomic mass is 16.5. The Balaban J connectivity index is 2.03. The lowest BCUT2D eigenvalue weighted by Crippen LogP contribution is -2.05. The van der Waals surface area contributed by atoms with Crippen LogP contribution < -0.4 is 10.5 Å². The average molecular weight is 259 g/mol. The van der Waals surface area contributed by atoms with Gasteiger partial charge in [0, 0.05) is 24.3 Å². The van der Waals surface area contributed by atoms with Gasteiger partial charge < -0.3 is 10.5 Å². The molecule has 4 heteroatoms. The van der Waals surface area contributed by atoms with Gasteiger partial charge in [0.15, 0.2) is 0 Å². The van der Waals surface area contributed by atoms with Gasteiger partial charge in [0.05, 0.1) is 6.20 Å². The number of nitrogens with two attached hydrogens (primary N) is 1. The van der Waals surface area contributed by atoms with Crippen molar-refractivity contribution < 1.29 is 4.74 Å². The van der Waals surface area contributed by atoms with Gasteiger partial charge in [-0.05, 0) is 38.0 Å². The highest BCUT2D eigenvalue weighted by Crippen LogP contribution is 2.22. The summed E-state index contributed by atoms with van der Waals surface area (Å²) in [5.41, 5.74) is 9.18. The first-order chi connectivity index (χ1) is 9.10. The Bertz CT molecular complexity index is 546. The molecule has 2 rings (SSSR count). The lowest BCUT2D eigenvalue weighted by molar-refractivity contribution is 0.304. The van der Waals surface area contributed by atoms with E-state index in [1.165, 1.54) is 0 Å². The van der Waals surface area contributed by atoms with Crippen LogP contribution >= 0.6 is 0 Å². The molecule has 0 fully saturated rings. The van der Waals surface area contributed by atoms with Crippen molar-refractivity contribution in [3.05, 3.63) is 47.3 Å². The molecule has 0 radical (unpaired) electrons. The van der Waals surface area contributed by atoms with Gasteiger partial charge in [-0.3, -0.25) is 4.68 Å². The molecular formula is C15H21N3O. The molecule has 0 aliphatic heterocycles. The number of hydrogen-bond acceptors (Lipinski definition) is 3. The van der Waals surface area contributed by atoms with Crippen LogP contribution in [0.15, 0.2) is 30.6 Å².